The molecule has 0 saturated carbocycles. The lowest BCUT2D eigenvalue weighted by Crippen LogP contribution is -2.21. The van der Waals surface area contributed by atoms with Gasteiger partial charge in [-0.1, -0.05) is 6.92 Å². The fourth-order valence-corrected chi connectivity index (χ4v) is 3.72. The van der Waals surface area contributed by atoms with Gasteiger partial charge in [-0.25, -0.2) is 0 Å². The molecule has 1 nitrogen and oxygen atoms in total. The molecule has 1 N–H and O–H groups in total. The van der Waals surface area contributed by atoms with E-state index in [1.807, 2.05) is 11.3 Å². The zero-order valence-corrected chi connectivity index (χ0v) is 12.5. The van der Waals surface area contributed by atoms with Crippen molar-refractivity contribution in [3.8, 4) is 0 Å². The molecule has 16 heavy (non-hydrogen) atoms. The van der Waals surface area contributed by atoms with Crippen LogP contribution in [0.2, 0.25) is 0 Å². The quantitative estimate of drug-likeness (QED) is 0.870. The largest absolute Gasteiger partial charge is 0.306 e. The van der Waals surface area contributed by atoms with Crippen LogP contribution in [0.1, 0.15) is 29.0 Å². The van der Waals surface area contributed by atoms with E-state index in [2.05, 4.69) is 58.0 Å². The lowest BCUT2D eigenvalue weighted by Gasteiger charge is -2.16. The second-order valence-corrected chi connectivity index (χ2v) is 7.02. The van der Waals surface area contributed by atoms with Crippen molar-refractivity contribution < 1.29 is 0 Å². The van der Waals surface area contributed by atoms with Crippen molar-refractivity contribution in [3.63, 3.8) is 0 Å². The minimum absolute atomic E-state index is 0.332. The van der Waals surface area contributed by atoms with Gasteiger partial charge in [0.25, 0.3) is 0 Å². The van der Waals surface area contributed by atoms with Gasteiger partial charge in [0.1, 0.15) is 0 Å². The third-order valence-corrected chi connectivity index (χ3v) is 4.92. The predicted octanol–water partition coefficient (Wildman–Crippen LogP) is 4.58. The average Bonchev–Trinajstić information content (AvgIpc) is 2.84. The summed E-state index contributed by atoms with van der Waals surface area (Å²) in [6.07, 6.45) is 0. The number of aryl methyl sites for hydroxylation is 1. The molecule has 1 unspecified atom stereocenters. The predicted molar refractivity (Wildman–Crippen MR) is 76.6 cm³/mol. The number of nitrogens with one attached hydrogen (secondary N) is 1. The van der Waals surface area contributed by atoms with Crippen LogP contribution in [0.5, 0.6) is 0 Å². The minimum atomic E-state index is 0.332. The van der Waals surface area contributed by atoms with Crippen molar-refractivity contribution >= 4 is 38.6 Å². The highest BCUT2D eigenvalue weighted by Crippen LogP contribution is 2.32. The Morgan fingerprint density at radius 1 is 1.44 bits per heavy atom. The molecule has 0 amide bonds. The Balaban J connectivity index is 2.34. The molecule has 2 aromatic rings. The first-order valence-corrected chi connectivity index (χ1v) is 7.79. The van der Waals surface area contributed by atoms with E-state index in [-0.39, 0.29) is 0 Å². The first-order valence-electron chi connectivity index (χ1n) is 5.23. The Bertz CT molecular complexity index is 461. The summed E-state index contributed by atoms with van der Waals surface area (Å²) in [5, 5.41) is 7.93. The number of halogens is 1. The van der Waals surface area contributed by atoms with Crippen LogP contribution in [0.25, 0.3) is 0 Å². The Morgan fingerprint density at radius 2 is 2.25 bits per heavy atom. The van der Waals surface area contributed by atoms with Crippen molar-refractivity contribution in [2.45, 2.75) is 19.9 Å². The highest BCUT2D eigenvalue weighted by atomic mass is 79.9. The molecular formula is C12H14BrNS2. The van der Waals surface area contributed by atoms with Crippen molar-refractivity contribution in [1.82, 2.24) is 5.32 Å². The Morgan fingerprint density at radius 3 is 2.75 bits per heavy atom. The van der Waals surface area contributed by atoms with Gasteiger partial charge in [0.2, 0.25) is 0 Å². The SMILES string of the molecule is CCNC(c1csc(Br)c1)c1ccsc1C. The zero-order valence-electron chi connectivity index (χ0n) is 9.29. The monoisotopic (exact) mass is 315 g/mol. The summed E-state index contributed by atoms with van der Waals surface area (Å²) in [6, 6.07) is 4.76. The molecule has 0 aliphatic rings. The average molecular weight is 316 g/mol. The van der Waals surface area contributed by atoms with Gasteiger partial charge >= 0.3 is 0 Å². The first-order chi connectivity index (χ1) is 7.72. The lowest BCUT2D eigenvalue weighted by atomic mass is 10.0. The highest BCUT2D eigenvalue weighted by molar-refractivity contribution is 9.11. The van der Waals surface area contributed by atoms with E-state index in [9.17, 15) is 0 Å². The van der Waals surface area contributed by atoms with Crippen LogP contribution in [-0.4, -0.2) is 6.54 Å². The van der Waals surface area contributed by atoms with Crippen LogP contribution in [0, 0.1) is 6.92 Å². The molecule has 0 aliphatic carbocycles. The summed E-state index contributed by atoms with van der Waals surface area (Å²) in [5.74, 6) is 0. The molecule has 2 rings (SSSR count). The van der Waals surface area contributed by atoms with Gasteiger partial charge < -0.3 is 5.32 Å². The molecule has 0 saturated heterocycles. The van der Waals surface area contributed by atoms with Crippen LogP contribution in [0.3, 0.4) is 0 Å². The second-order valence-electron chi connectivity index (χ2n) is 3.61. The van der Waals surface area contributed by atoms with Crippen molar-refractivity contribution in [1.29, 1.82) is 0 Å². The van der Waals surface area contributed by atoms with Crippen LogP contribution in [0.4, 0.5) is 0 Å². The van der Waals surface area contributed by atoms with E-state index >= 15 is 0 Å². The molecule has 0 bridgehead atoms. The smallest absolute Gasteiger partial charge is 0.0701 e. The summed E-state index contributed by atoms with van der Waals surface area (Å²) < 4.78 is 1.19. The fourth-order valence-electron chi connectivity index (χ4n) is 1.78. The maximum absolute atomic E-state index is 3.55. The molecular weight excluding hydrogens is 302 g/mol. The van der Waals surface area contributed by atoms with Gasteiger partial charge in [-0.3, -0.25) is 0 Å². The third-order valence-electron chi connectivity index (χ3n) is 2.54. The van der Waals surface area contributed by atoms with Crippen molar-refractivity contribution in [3.05, 3.63) is 42.7 Å². The van der Waals surface area contributed by atoms with E-state index in [1.165, 1.54) is 19.8 Å². The molecule has 86 valence electrons. The van der Waals surface area contributed by atoms with Crippen LogP contribution in [-0.2, 0) is 0 Å². The maximum Gasteiger partial charge on any atom is 0.0701 e. The van der Waals surface area contributed by atoms with Gasteiger partial charge in [-0.15, -0.1) is 22.7 Å². The Labute approximate surface area is 113 Å². The molecule has 0 radical (unpaired) electrons. The minimum Gasteiger partial charge on any atom is -0.306 e. The summed E-state index contributed by atoms with van der Waals surface area (Å²) >= 11 is 7.08. The van der Waals surface area contributed by atoms with Gasteiger partial charge in [0, 0.05) is 4.88 Å². The van der Waals surface area contributed by atoms with Gasteiger partial charge in [-0.2, -0.15) is 0 Å². The summed E-state index contributed by atoms with van der Waals surface area (Å²) in [5.41, 5.74) is 2.75. The van der Waals surface area contributed by atoms with Crippen molar-refractivity contribution in [2.75, 3.05) is 6.54 Å². The van der Waals surface area contributed by atoms with Gasteiger partial charge in [0.05, 0.1) is 9.83 Å². The summed E-state index contributed by atoms with van der Waals surface area (Å²) in [6.45, 7) is 5.31. The van der Waals surface area contributed by atoms with Crippen molar-refractivity contribution in [2.24, 2.45) is 0 Å². The summed E-state index contributed by atoms with van der Waals surface area (Å²) in [7, 11) is 0. The first kappa shape index (κ1) is 12.3. The number of hydrogen-bond acceptors (Lipinski definition) is 3. The maximum atomic E-state index is 3.55. The van der Waals surface area contributed by atoms with E-state index in [1.54, 1.807) is 11.3 Å². The second kappa shape index (κ2) is 5.45. The molecule has 4 heteroatoms. The molecule has 2 aromatic heterocycles. The highest BCUT2D eigenvalue weighted by Gasteiger charge is 2.16. The number of hydrogen-bond donors (Lipinski definition) is 1. The van der Waals surface area contributed by atoms with E-state index in [0.717, 1.165) is 6.54 Å². The van der Waals surface area contributed by atoms with E-state index < -0.39 is 0 Å². The molecule has 0 aromatic carbocycles. The van der Waals surface area contributed by atoms with E-state index in [4.69, 9.17) is 0 Å². The summed E-state index contributed by atoms with van der Waals surface area (Å²) in [4.78, 5) is 1.40. The molecule has 0 aliphatic heterocycles. The standard InChI is InChI=1S/C12H14BrNS2/c1-3-14-12(9-6-11(13)16-7-9)10-4-5-15-8(10)2/h4-7,12,14H,3H2,1-2H3. The van der Waals surface area contributed by atoms with Gasteiger partial charge in [-0.05, 0) is 63.4 Å². The van der Waals surface area contributed by atoms with Crippen LogP contribution >= 0.6 is 38.6 Å². The van der Waals surface area contributed by atoms with Crippen LogP contribution in [0.15, 0.2) is 26.7 Å². The Kier molecular flexibility index (Phi) is 4.19. The van der Waals surface area contributed by atoms with E-state index in [0.29, 0.717) is 6.04 Å². The van der Waals surface area contributed by atoms with Gasteiger partial charge in [0.15, 0.2) is 0 Å². The third kappa shape index (κ3) is 2.56. The zero-order chi connectivity index (χ0) is 11.5. The molecule has 0 spiro atoms. The van der Waals surface area contributed by atoms with Crippen LogP contribution < -0.4 is 5.32 Å². The molecule has 1 atom stereocenters. The number of thiophene rings is 2. The fraction of sp³-hybridized carbons (Fsp3) is 0.333. The topological polar surface area (TPSA) is 12.0 Å². The molecule has 0 fully saturated rings. The normalized spacial score (nSPS) is 12.9. The lowest BCUT2D eigenvalue weighted by molar-refractivity contribution is 0.631. The Hall–Kier alpha value is -0.160. The molecule has 2 heterocycles. The number of rotatable bonds is 4.